The van der Waals surface area contributed by atoms with Crippen LogP contribution in [-0.2, 0) is 15.0 Å². The Morgan fingerprint density at radius 1 is 1.20 bits per heavy atom. The van der Waals surface area contributed by atoms with E-state index in [0.29, 0.717) is 5.69 Å². The molecule has 1 aliphatic carbocycles. The SMILES string of the molecule is CC(C)n1cnnc1C(C(=O)NC1CCC(F)(F)CC1)N(C(=O)[C@H]1C[C@@H](O)CN1C#N)c1ccc(C(C)(C)C)cc1. The van der Waals surface area contributed by atoms with Gasteiger partial charge in [0.15, 0.2) is 18.1 Å². The third kappa shape index (κ3) is 6.67. The van der Waals surface area contributed by atoms with Crippen LogP contribution in [0.5, 0.6) is 0 Å². The van der Waals surface area contributed by atoms with E-state index >= 15 is 0 Å². The second kappa shape index (κ2) is 11.7. The van der Waals surface area contributed by atoms with Crippen LogP contribution in [0.2, 0.25) is 0 Å². The van der Waals surface area contributed by atoms with Gasteiger partial charge in [0, 0.05) is 37.0 Å². The standard InChI is InChI=1S/C29H39F2N7O3/c1-18(2)37-17-33-35-25(37)24(26(40)34-20-10-12-29(30,31)13-11-20)38(21-8-6-19(7-9-21)28(3,4)5)27(41)23-14-22(39)15-36(23)16-32/h6-9,17-18,20,22-24,39H,10-15H2,1-5H3,(H,34,40)/t22-,23-,24?/m1/s1. The summed E-state index contributed by atoms with van der Waals surface area (Å²) >= 11 is 0. The summed E-state index contributed by atoms with van der Waals surface area (Å²) < 4.78 is 29.4. The first-order valence-corrected chi connectivity index (χ1v) is 14.1. The first kappa shape index (κ1) is 30.4. The van der Waals surface area contributed by atoms with Crippen LogP contribution in [0.15, 0.2) is 30.6 Å². The molecule has 2 fully saturated rings. The highest BCUT2D eigenvalue weighted by molar-refractivity contribution is 6.03. The lowest BCUT2D eigenvalue weighted by atomic mass is 9.87. The summed E-state index contributed by atoms with van der Waals surface area (Å²) in [6.07, 6.45) is 2.14. The Labute approximate surface area is 239 Å². The van der Waals surface area contributed by atoms with Crippen molar-refractivity contribution in [2.75, 3.05) is 11.4 Å². The lowest BCUT2D eigenvalue weighted by Gasteiger charge is -2.36. The fourth-order valence-electron chi connectivity index (χ4n) is 5.50. The number of amides is 2. The zero-order chi connectivity index (χ0) is 30.1. The maximum absolute atomic E-state index is 14.3. The molecule has 0 spiro atoms. The van der Waals surface area contributed by atoms with Gasteiger partial charge in [0.1, 0.15) is 12.4 Å². The van der Waals surface area contributed by atoms with Gasteiger partial charge < -0.3 is 15.0 Å². The summed E-state index contributed by atoms with van der Waals surface area (Å²) in [5.41, 5.74) is 1.24. The first-order valence-electron chi connectivity index (χ1n) is 14.1. The molecule has 10 nitrogen and oxygen atoms in total. The maximum Gasteiger partial charge on any atom is 0.251 e. The van der Waals surface area contributed by atoms with Crippen molar-refractivity contribution in [3.63, 3.8) is 0 Å². The number of aromatic nitrogens is 3. The Bertz CT molecular complexity index is 1270. The molecular formula is C29H39F2N7O3. The monoisotopic (exact) mass is 571 g/mol. The van der Waals surface area contributed by atoms with Gasteiger partial charge in [0.05, 0.1) is 12.6 Å². The minimum Gasteiger partial charge on any atom is -0.391 e. The number of anilines is 1. The number of aliphatic hydroxyl groups excluding tert-OH is 1. The molecule has 2 heterocycles. The number of likely N-dealkylation sites (tertiary alicyclic amines) is 1. The van der Waals surface area contributed by atoms with Crippen molar-refractivity contribution in [1.29, 1.82) is 5.26 Å². The van der Waals surface area contributed by atoms with Crippen LogP contribution >= 0.6 is 0 Å². The molecule has 1 unspecified atom stereocenters. The Balaban J connectivity index is 1.81. The normalized spacial score (nSPS) is 21.9. The molecule has 3 atom stereocenters. The number of nitrogens with zero attached hydrogens (tertiary/aromatic N) is 6. The van der Waals surface area contributed by atoms with Crippen LogP contribution in [0.1, 0.15) is 90.2 Å². The molecule has 1 saturated carbocycles. The molecule has 0 bridgehead atoms. The summed E-state index contributed by atoms with van der Waals surface area (Å²) in [4.78, 5) is 31.0. The van der Waals surface area contributed by atoms with Crippen LogP contribution in [-0.4, -0.2) is 67.2 Å². The number of hydrogen-bond acceptors (Lipinski definition) is 7. The quantitative estimate of drug-likeness (QED) is 0.484. The first-order chi connectivity index (χ1) is 19.2. The lowest BCUT2D eigenvalue weighted by Crippen LogP contribution is -2.52. The van der Waals surface area contributed by atoms with Gasteiger partial charge in [-0.05, 0) is 49.8 Å². The lowest BCUT2D eigenvalue weighted by molar-refractivity contribution is -0.129. The molecule has 2 aromatic rings. The fourth-order valence-corrected chi connectivity index (χ4v) is 5.50. The second-order valence-corrected chi connectivity index (χ2v) is 12.4. The van der Waals surface area contributed by atoms with Gasteiger partial charge in [-0.2, -0.15) is 5.26 Å². The number of β-amino-alcohol motifs (C(OH)–C–C–N with tert-alkyl or cyclic N) is 1. The Hall–Kier alpha value is -3.59. The van der Waals surface area contributed by atoms with E-state index in [2.05, 4.69) is 36.3 Å². The zero-order valence-corrected chi connectivity index (χ0v) is 24.2. The van der Waals surface area contributed by atoms with Crippen molar-refractivity contribution in [1.82, 2.24) is 25.0 Å². The molecule has 2 N–H and O–H groups in total. The van der Waals surface area contributed by atoms with Crippen molar-refractivity contribution in [3.05, 3.63) is 42.0 Å². The molecule has 222 valence electrons. The van der Waals surface area contributed by atoms with Crippen LogP contribution in [0, 0.1) is 11.5 Å². The van der Waals surface area contributed by atoms with Crippen molar-refractivity contribution in [2.45, 2.75) is 108 Å². The summed E-state index contributed by atoms with van der Waals surface area (Å²) in [6, 6.07) is 4.29. The van der Waals surface area contributed by atoms with E-state index in [4.69, 9.17) is 0 Å². The predicted octanol–water partition coefficient (Wildman–Crippen LogP) is 3.84. The van der Waals surface area contributed by atoms with Crippen molar-refractivity contribution in [3.8, 4) is 6.19 Å². The largest absolute Gasteiger partial charge is 0.391 e. The van der Waals surface area contributed by atoms with Crippen LogP contribution < -0.4 is 10.2 Å². The molecule has 1 aromatic heterocycles. The average Bonchev–Trinajstić information content (AvgIpc) is 3.54. The number of hydrogen-bond donors (Lipinski definition) is 2. The molecule has 4 rings (SSSR count). The topological polar surface area (TPSA) is 127 Å². The number of benzene rings is 1. The molecule has 2 amide bonds. The highest BCUT2D eigenvalue weighted by Gasteiger charge is 2.45. The number of nitriles is 1. The van der Waals surface area contributed by atoms with Gasteiger partial charge in [0.25, 0.3) is 11.8 Å². The highest BCUT2D eigenvalue weighted by atomic mass is 19.3. The van der Waals surface area contributed by atoms with Crippen molar-refractivity contribution >= 4 is 17.5 Å². The number of carbonyl (C=O) groups is 2. The van der Waals surface area contributed by atoms with E-state index in [0.717, 1.165) is 5.56 Å². The van der Waals surface area contributed by atoms with Crippen molar-refractivity contribution in [2.24, 2.45) is 0 Å². The summed E-state index contributed by atoms with van der Waals surface area (Å²) in [7, 11) is 0. The van der Waals surface area contributed by atoms with E-state index in [1.165, 1.54) is 16.1 Å². The van der Waals surface area contributed by atoms with E-state index in [-0.39, 0.29) is 55.9 Å². The Morgan fingerprint density at radius 3 is 2.39 bits per heavy atom. The number of carbonyl (C=O) groups excluding carboxylic acids is 2. The molecule has 1 saturated heterocycles. The number of alkyl halides is 2. The molecule has 0 radical (unpaired) electrons. The molecule has 41 heavy (non-hydrogen) atoms. The van der Waals surface area contributed by atoms with E-state index in [9.17, 15) is 28.7 Å². The van der Waals surface area contributed by atoms with Gasteiger partial charge in [-0.1, -0.05) is 32.9 Å². The number of nitrogens with one attached hydrogen (secondary N) is 1. The Morgan fingerprint density at radius 2 is 1.83 bits per heavy atom. The minimum absolute atomic E-state index is 0.000958. The number of rotatable bonds is 7. The van der Waals surface area contributed by atoms with E-state index in [1.807, 2.05) is 32.2 Å². The van der Waals surface area contributed by atoms with Crippen LogP contribution in [0.4, 0.5) is 14.5 Å². The number of halogens is 2. The van der Waals surface area contributed by atoms with Gasteiger partial charge in [-0.3, -0.25) is 19.4 Å². The highest BCUT2D eigenvalue weighted by Crippen LogP contribution is 2.36. The summed E-state index contributed by atoms with van der Waals surface area (Å²) in [6.45, 7) is 9.96. The third-order valence-electron chi connectivity index (χ3n) is 7.91. The summed E-state index contributed by atoms with van der Waals surface area (Å²) in [5.74, 6) is -3.70. The van der Waals surface area contributed by atoms with E-state index < -0.39 is 42.0 Å². The second-order valence-electron chi connectivity index (χ2n) is 12.4. The smallest absolute Gasteiger partial charge is 0.251 e. The fraction of sp³-hybridized carbons (Fsp3) is 0.621. The average molecular weight is 572 g/mol. The third-order valence-corrected chi connectivity index (χ3v) is 7.91. The van der Waals surface area contributed by atoms with Gasteiger partial charge in [-0.15, -0.1) is 10.2 Å². The van der Waals surface area contributed by atoms with E-state index in [1.54, 1.807) is 16.7 Å². The zero-order valence-electron chi connectivity index (χ0n) is 24.2. The van der Waals surface area contributed by atoms with Gasteiger partial charge in [0.2, 0.25) is 5.92 Å². The molecular weight excluding hydrogens is 532 g/mol. The van der Waals surface area contributed by atoms with Crippen molar-refractivity contribution < 1.29 is 23.5 Å². The molecule has 1 aromatic carbocycles. The number of aliphatic hydroxyl groups is 1. The molecule has 2 aliphatic rings. The molecule has 12 heteroatoms. The minimum atomic E-state index is -2.76. The van der Waals surface area contributed by atoms with Crippen LogP contribution in [0.25, 0.3) is 0 Å². The summed E-state index contributed by atoms with van der Waals surface area (Å²) in [5, 5.41) is 31.2. The van der Waals surface area contributed by atoms with Gasteiger partial charge in [-0.25, -0.2) is 8.78 Å². The van der Waals surface area contributed by atoms with Crippen LogP contribution in [0.3, 0.4) is 0 Å². The van der Waals surface area contributed by atoms with Gasteiger partial charge >= 0.3 is 0 Å². The Kier molecular flexibility index (Phi) is 8.68. The maximum atomic E-state index is 14.3. The predicted molar refractivity (Wildman–Crippen MR) is 148 cm³/mol. The molecule has 1 aliphatic heterocycles.